The Morgan fingerprint density at radius 1 is 1.62 bits per heavy atom. The molecule has 0 heterocycles. The number of carboxylic acid groups (broad SMARTS) is 1. The van der Waals surface area contributed by atoms with Gasteiger partial charge < -0.3 is 10.2 Å². The zero-order valence-electron chi connectivity index (χ0n) is 8.57. The van der Waals surface area contributed by atoms with E-state index >= 15 is 0 Å². The molecule has 16 heavy (non-hydrogen) atoms. The topological polar surface area (TPSA) is 81.3 Å². The van der Waals surface area contributed by atoms with Crippen molar-refractivity contribution in [1.29, 1.82) is 5.26 Å². The van der Waals surface area contributed by atoms with Gasteiger partial charge in [0.1, 0.15) is 6.07 Å². The normalized spacial score (nSPS) is 11.8. The summed E-state index contributed by atoms with van der Waals surface area (Å²) < 4.78 is 13.1. The summed E-state index contributed by atoms with van der Waals surface area (Å²) >= 11 is 0. The third kappa shape index (κ3) is 2.48. The van der Waals surface area contributed by atoms with Crippen LogP contribution in [0.25, 0.3) is 0 Å². The largest absolute Gasteiger partial charge is 0.504 e. The maximum atomic E-state index is 13.1. The molecule has 0 saturated heterocycles. The van der Waals surface area contributed by atoms with Crippen LogP contribution < -0.4 is 0 Å². The van der Waals surface area contributed by atoms with Crippen LogP contribution in [0.5, 0.6) is 5.75 Å². The molecule has 4 nitrogen and oxygen atoms in total. The second-order valence-electron chi connectivity index (χ2n) is 3.53. The zero-order valence-corrected chi connectivity index (χ0v) is 8.57. The minimum absolute atomic E-state index is 0.112. The Balaban J connectivity index is 3.04. The highest BCUT2D eigenvalue weighted by Gasteiger charge is 2.15. The van der Waals surface area contributed by atoms with Gasteiger partial charge in [0.2, 0.25) is 0 Å². The third-order valence-electron chi connectivity index (χ3n) is 2.21. The van der Waals surface area contributed by atoms with Crippen LogP contribution in [0.15, 0.2) is 12.1 Å². The number of nitrogens with zero attached hydrogens (tertiary/aromatic N) is 1. The summed E-state index contributed by atoms with van der Waals surface area (Å²) in [6, 6.07) is 3.97. The van der Waals surface area contributed by atoms with E-state index in [2.05, 4.69) is 0 Å². The molecular weight excluding hydrogens is 213 g/mol. The Hall–Kier alpha value is -2.09. The SMILES string of the molecule is CC(Cc1cc(F)c(O)c(C#N)c1)C(=O)O. The van der Waals surface area contributed by atoms with E-state index in [1.807, 2.05) is 0 Å². The number of hydrogen-bond donors (Lipinski definition) is 2. The van der Waals surface area contributed by atoms with Gasteiger partial charge in [-0.3, -0.25) is 4.79 Å². The molecule has 0 saturated carbocycles. The minimum atomic E-state index is -0.994. The van der Waals surface area contributed by atoms with E-state index < -0.39 is 23.5 Å². The van der Waals surface area contributed by atoms with Gasteiger partial charge in [-0.25, -0.2) is 4.39 Å². The van der Waals surface area contributed by atoms with E-state index in [1.165, 1.54) is 13.0 Å². The molecule has 84 valence electrons. The van der Waals surface area contributed by atoms with Crippen LogP contribution >= 0.6 is 0 Å². The lowest BCUT2D eigenvalue weighted by Gasteiger charge is -2.07. The lowest BCUT2D eigenvalue weighted by Crippen LogP contribution is -2.12. The summed E-state index contributed by atoms with van der Waals surface area (Å²) in [6.45, 7) is 1.49. The Labute approximate surface area is 91.6 Å². The first-order valence-corrected chi connectivity index (χ1v) is 4.60. The molecule has 1 aromatic carbocycles. The number of aromatic hydroxyl groups is 1. The highest BCUT2D eigenvalue weighted by atomic mass is 19.1. The number of phenols is 1. The summed E-state index contributed by atoms with van der Waals surface area (Å²) in [5.74, 6) is -3.27. The standard InChI is InChI=1S/C11H10FNO3/c1-6(11(15)16)2-7-3-8(5-13)10(14)9(12)4-7/h3-4,6,14H,2H2,1H3,(H,15,16). The molecule has 0 bridgehead atoms. The molecule has 0 aromatic heterocycles. The van der Waals surface area contributed by atoms with Gasteiger partial charge in [-0.2, -0.15) is 5.26 Å². The third-order valence-corrected chi connectivity index (χ3v) is 2.21. The molecule has 1 atom stereocenters. The predicted octanol–water partition coefficient (Wildman–Crippen LogP) is 1.67. The van der Waals surface area contributed by atoms with Crippen molar-refractivity contribution in [1.82, 2.24) is 0 Å². The number of rotatable bonds is 3. The number of benzene rings is 1. The van der Waals surface area contributed by atoms with E-state index in [0.717, 1.165) is 6.07 Å². The Morgan fingerprint density at radius 3 is 2.75 bits per heavy atom. The second-order valence-corrected chi connectivity index (χ2v) is 3.53. The number of hydrogen-bond acceptors (Lipinski definition) is 3. The Kier molecular flexibility index (Phi) is 3.46. The van der Waals surface area contributed by atoms with Crippen molar-refractivity contribution in [2.45, 2.75) is 13.3 Å². The van der Waals surface area contributed by atoms with E-state index in [-0.39, 0.29) is 12.0 Å². The van der Waals surface area contributed by atoms with Gasteiger partial charge in [0, 0.05) is 0 Å². The Bertz CT molecular complexity index is 465. The molecule has 0 amide bonds. The average Bonchev–Trinajstić information content (AvgIpc) is 2.22. The summed E-state index contributed by atoms with van der Waals surface area (Å²) in [5.41, 5.74) is 0.189. The summed E-state index contributed by atoms with van der Waals surface area (Å²) in [7, 11) is 0. The lowest BCUT2D eigenvalue weighted by atomic mass is 9.99. The zero-order chi connectivity index (χ0) is 12.3. The summed E-state index contributed by atoms with van der Waals surface area (Å²) in [4.78, 5) is 10.6. The first-order chi connectivity index (χ1) is 7.45. The van der Waals surface area contributed by atoms with Gasteiger partial charge in [0.05, 0.1) is 11.5 Å². The number of aliphatic carboxylic acids is 1. The number of carboxylic acids is 1. The molecule has 2 N–H and O–H groups in total. The fourth-order valence-electron chi connectivity index (χ4n) is 1.30. The predicted molar refractivity (Wildman–Crippen MR) is 53.3 cm³/mol. The van der Waals surface area contributed by atoms with Crippen molar-refractivity contribution in [2.75, 3.05) is 0 Å². The molecule has 5 heteroatoms. The van der Waals surface area contributed by atoms with E-state index in [0.29, 0.717) is 5.56 Å². The highest BCUT2D eigenvalue weighted by molar-refractivity contribution is 5.70. The number of halogens is 1. The monoisotopic (exact) mass is 223 g/mol. The van der Waals surface area contributed by atoms with Crippen LogP contribution in [0.1, 0.15) is 18.1 Å². The maximum absolute atomic E-state index is 13.1. The maximum Gasteiger partial charge on any atom is 0.306 e. The van der Waals surface area contributed by atoms with Crippen molar-refractivity contribution < 1.29 is 19.4 Å². The van der Waals surface area contributed by atoms with Crippen molar-refractivity contribution in [3.63, 3.8) is 0 Å². The molecule has 0 spiro atoms. The first kappa shape index (κ1) is 12.0. The van der Waals surface area contributed by atoms with Gasteiger partial charge >= 0.3 is 5.97 Å². The van der Waals surface area contributed by atoms with Crippen LogP contribution in [-0.2, 0) is 11.2 Å². The minimum Gasteiger partial charge on any atom is -0.504 e. The van der Waals surface area contributed by atoms with Crippen LogP contribution in [0.3, 0.4) is 0 Å². The summed E-state index contributed by atoms with van der Waals surface area (Å²) in [6.07, 6.45) is 0.112. The van der Waals surface area contributed by atoms with Crippen molar-refractivity contribution >= 4 is 5.97 Å². The molecular formula is C11H10FNO3. The smallest absolute Gasteiger partial charge is 0.306 e. The van der Waals surface area contributed by atoms with Crippen molar-refractivity contribution in [3.8, 4) is 11.8 Å². The number of nitriles is 1. The van der Waals surface area contributed by atoms with Gasteiger partial charge in [0.25, 0.3) is 0 Å². The van der Waals surface area contributed by atoms with Crippen LogP contribution in [0.4, 0.5) is 4.39 Å². The molecule has 0 fully saturated rings. The summed E-state index contributed by atoms with van der Waals surface area (Å²) in [5, 5.41) is 26.5. The average molecular weight is 223 g/mol. The lowest BCUT2D eigenvalue weighted by molar-refractivity contribution is -0.141. The van der Waals surface area contributed by atoms with Gasteiger partial charge in [-0.05, 0) is 24.1 Å². The van der Waals surface area contributed by atoms with Gasteiger partial charge in [0.15, 0.2) is 11.6 Å². The molecule has 0 aliphatic carbocycles. The molecule has 1 aromatic rings. The highest BCUT2D eigenvalue weighted by Crippen LogP contribution is 2.23. The van der Waals surface area contributed by atoms with Gasteiger partial charge in [-0.15, -0.1) is 0 Å². The molecule has 0 aliphatic rings. The molecule has 0 radical (unpaired) electrons. The van der Waals surface area contributed by atoms with Crippen LogP contribution in [-0.4, -0.2) is 16.2 Å². The fourth-order valence-corrected chi connectivity index (χ4v) is 1.30. The first-order valence-electron chi connectivity index (χ1n) is 4.60. The second kappa shape index (κ2) is 4.62. The quantitative estimate of drug-likeness (QED) is 0.816. The Morgan fingerprint density at radius 2 is 2.25 bits per heavy atom. The molecule has 1 rings (SSSR count). The molecule has 1 unspecified atom stereocenters. The number of carbonyl (C=O) groups is 1. The van der Waals surface area contributed by atoms with Gasteiger partial charge in [-0.1, -0.05) is 6.92 Å². The van der Waals surface area contributed by atoms with Crippen molar-refractivity contribution in [2.24, 2.45) is 5.92 Å². The fraction of sp³-hybridized carbons (Fsp3) is 0.273. The van der Waals surface area contributed by atoms with E-state index in [9.17, 15) is 9.18 Å². The van der Waals surface area contributed by atoms with E-state index in [1.54, 1.807) is 6.07 Å². The number of phenolic OH excluding ortho intramolecular Hbond substituents is 1. The molecule has 0 aliphatic heterocycles. The van der Waals surface area contributed by atoms with Crippen LogP contribution in [0.2, 0.25) is 0 Å². The van der Waals surface area contributed by atoms with E-state index in [4.69, 9.17) is 15.5 Å². The van der Waals surface area contributed by atoms with Crippen molar-refractivity contribution in [3.05, 3.63) is 29.1 Å². The van der Waals surface area contributed by atoms with Crippen LogP contribution in [0, 0.1) is 23.1 Å².